The molecule has 0 aliphatic rings. The number of carbonyl (C=O) groups is 1. The van der Waals surface area contributed by atoms with E-state index in [1.54, 1.807) is 24.2 Å². The maximum Gasteiger partial charge on any atom is 0.244 e. The first kappa shape index (κ1) is 22.1. The van der Waals surface area contributed by atoms with Crippen molar-refractivity contribution in [3.05, 3.63) is 72.3 Å². The number of aromatic nitrogens is 3. The number of benzene rings is 2. The van der Waals surface area contributed by atoms with Gasteiger partial charge >= 0.3 is 0 Å². The predicted molar refractivity (Wildman–Crippen MR) is 120 cm³/mol. The Kier molecular flexibility index (Phi) is 7.81. The van der Waals surface area contributed by atoms with E-state index < -0.39 is 0 Å². The second kappa shape index (κ2) is 11.0. The molecule has 0 radical (unpaired) electrons. The number of hydrogen-bond acceptors (Lipinski definition) is 5. The van der Waals surface area contributed by atoms with Crippen molar-refractivity contribution < 1.29 is 14.3 Å². The van der Waals surface area contributed by atoms with Crippen molar-refractivity contribution in [1.29, 1.82) is 0 Å². The van der Waals surface area contributed by atoms with Gasteiger partial charge in [-0.3, -0.25) is 4.79 Å². The fourth-order valence-electron chi connectivity index (χ4n) is 3.01. The van der Waals surface area contributed by atoms with Gasteiger partial charge < -0.3 is 14.8 Å². The molecule has 7 heteroatoms. The van der Waals surface area contributed by atoms with Gasteiger partial charge in [0.25, 0.3) is 0 Å². The van der Waals surface area contributed by atoms with E-state index in [1.165, 1.54) is 12.4 Å². The zero-order valence-corrected chi connectivity index (χ0v) is 18.1. The van der Waals surface area contributed by atoms with Gasteiger partial charge in [0.2, 0.25) is 5.91 Å². The van der Waals surface area contributed by atoms with Crippen LogP contribution < -0.4 is 14.8 Å². The number of methoxy groups -OCH3 is 1. The van der Waals surface area contributed by atoms with Crippen LogP contribution in [0.4, 0.5) is 0 Å². The van der Waals surface area contributed by atoms with Gasteiger partial charge in [0.1, 0.15) is 12.7 Å². The number of rotatable bonds is 10. The van der Waals surface area contributed by atoms with Crippen LogP contribution in [0, 0.1) is 0 Å². The summed E-state index contributed by atoms with van der Waals surface area (Å²) >= 11 is 0. The molecule has 0 aliphatic carbocycles. The zero-order chi connectivity index (χ0) is 22.1. The standard InChI is InChI=1S/C24H28N4O3/c1-4-5-14-31-22-12-6-19(15-23(22)30-3)7-13-24(29)27-18(2)20-8-10-21(11-9-20)28-17-25-16-26-28/h6-13,15-18H,4-5,14H2,1-3H3,(H,27,29)/b13-7+. The second-order valence-electron chi connectivity index (χ2n) is 7.11. The Morgan fingerprint density at radius 1 is 1.19 bits per heavy atom. The molecule has 31 heavy (non-hydrogen) atoms. The topological polar surface area (TPSA) is 78.3 Å². The minimum absolute atomic E-state index is 0.133. The van der Waals surface area contributed by atoms with E-state index in [2.05, 4.69) is 22.3 Å². The third kappa shape index (κ3) is 6.18. The molecule has 162 valence electrons. The molecule has 0 fully saturated rings. The summed E-state index contributed by atoms with van der Waals surface area (Å²) in [7, 11) is 1.61. The van der Waals surface area contributed by atoms with Crippen LogP contribution in [0.1, 0.15) is 43.9 Å². The van der Waals surface area contributed by atoms with Crippen molar-refractivity contribution in [2.45, 2.75) is 32.7 Å². The molecule has 0 saturated heterocycles. The largest absolute Gasteiger partial charge is 0.493 e. The highest BCUT2D eigenvalue weighted by atomic mass is 16.5. The lowest BCUT2D eigenvalue weighted by molar-refractivity contribution is -0.117. The van der Waals surface area contributed by atoms with Gasteiger partial charge in [-0.2, -0.15) is 5.10 Å². The monoisotopic (exact) mass is 420 g/mol. The fourth-order valence-corrected chi connectivity index (χ4v) is 3.01. The van der Waals surface area contributed by atoms with Crippen LogP contribution in [0.15, 0.2) is 61.2 Å². The van der Waals surface area contributed by atoms with Gasteiger partial charge in [-0.25, -0.2) is 9.67 Å². The van der Waals surface area contributed by atoms with E-state index in [0.717, 1.165) is 29.7 Å². The van der Waals surface area contributed by atoms with Gasteiger partial charge in [-0.05, 0) is 54.8 Å². The van der Waals surface area contributed by atoms with Gasteiger partial charge in [0.05, 0.1) is 25.4 Å². The highest BCUT2D eigenvalue weighted by Gasteiger charge is 2.09. The Hall–Kier alpha value is -3.61. The van der Waals surface area contributed by atoms with Crippen LogP contribution in [-0.4, -0.2) is 34.4 Å². The second-order valence-corrected chi connectivity index (χ2v) is 7.11. The molecule has 1 atom stereocenters. The molecule has 3 rings (SSSR count). The number of unbranched alkanes of at least 4 members (excludes halogenated alkanes) is 1. The SMILES string of the molecule is CCCCOc1ccc(/C=C/C(=O)NC(C)c2ccc(-n3cncn3)cc2)cc1OC. The summed E-state index contributed by atoms with van der Waals surface area (Å²) in [4.78, 5) is 16.3. The molecule has 1 amide bonds. The highest BCUT2D eigenvalue weighted by molar-refractivity contribution is 5.92. The van der Waals surface area contributed by atoms with Crippen LogP contribution in [0.25, 0.3) is 11.8 Å². The summed E-state index contributed by atoms with van der Waals surface area (Å²) in [5.74, 6) is 1.19. The molecule has 1 aromatic heterocycles. The van der Waals surface area contributed by atoms with Crippen LogP contribution >= 0.6 is 0 Å². The lowest BCUT2D eigenvalue weighted by Crippen LogP contribution is -2.24. The first-order chi connectivity index (χ1) is 15.1. The molecule has 0 aliphatic heterocycles. The van der Waals surface area contributed by atoms with E-state index in [9.17, 15) is 4.79 Å². The molecule has 1 N–H and O–H groups in total. The number of carbonyl (C=O) groups excluding carboxylic acids is 1. The molecular weight excluding hydrogens is 392 g/mol. The molecule has 1 heterocycles. The van der Waals surface area contributed by atoms with Crippen molar-refractivity contribution in [3.8, 4) is 17.2 Å². The average molecular weight is 421 g/mol. The van der Waals surface area contributed by atoms with Crippen LogP contribution in [0.5, 0.6) is 11.5 Å². The summed E-state index contributed by atoms with van der Waals surface area (Å²) in [5.41, 5.74) is 2.77. The first-order valence-corrected chi connectivity index (χ1v) is 10.3. The minimum atomic E-state index is -0.171. The van der Waals surface area contributed by atoms with E-state index in [-0.39, 0.29) is 11.9 Å². The van der Waals surface area contributed by atoms with Gasteiger partial charge in [-0.15, -0.1) is 0 Å². The Balaban J connectivity index is 1.58. The summed E-state index contributed by atoms with van der Waals surface area (Å²) < 4.78 is 12.8. The third-order valence-electron chi connectivity index (χ3n) is 4.81. The number of ether oxygens (including phenoxy) is 2. The van der Waals surface area contributed by atoms with Crippen LogP contribution in [-0.2, 0) is 4.79 Å². The summed E-state index contributed by atoms with van der Waals surface area (Å²) in [6.07, 6.45) is 8.48. The van der Waals surface area contributed by atoms with Crippen LogP contribution in [0.3, 0.4) is 0 Å². The average Bonchev–Trinajstić information content (AvgIpc) is 3.33. The molecular formula is C24H28N4O3. The van der Waals surface area contributed by atoms with Crippen LogP contribution in [0.2, 0.25) is 0 Å². The van der Waals surface area contributed by atoms with Crippen molar-refractivity contribution in [3.63, 3.8) is 0 Å². The molecule has 3 aromatic rings. The normalized spacial score (nSPS) is 12.0. The zero-order valence-electron chi connectivity index (χ0n) is 18.1. The molecule has 2 aromatic carbocycles. The van der Waals surface area contributed by atoms with Crippen molar-refractivity contribution in [2.75, 3.05) is 13.7 Å². The van der Waals surface area contributed by atoms with E-state index in [4.69, 9.17) is 9.47 Å². The van der Waals surface area contributed by atoms with Gasteiger partial charge in [0, 0.05) is 6.08 Å². The first-order valence-electron chi connectivity index (χ1n) is 10.3. The van der Waals surface area contributed by atoms with Gasteiger partial charge in [-0.1, -0.05) is 31.5 Å². The fraction of sp³-hybridized carbons (Fsp3) is 0.292. The molecule has 1 unspecified atom stereocenters. The number of nitrogens with one attached hydrogen (secondary N) is 1. The van der Waals surface area contributed by atoms with Crippen molar-refractivity contribution in [2.24, 2.45) is 0 Å². The Morgan fingerprint density at radius 3 is 2.68 bits per heavy atom. The van der Waals surface area contributed by atoms with Gasteiger partial charge in [0.15, 0.2) is 11.5 Å². The quantitative estimate of drug-likeness (QED) is 0.390. The summed E-state index contributed by atoms with van der Waals surface area (Å²) in [5, 5.41) is 7.09. The number of amides is 1. The Bertz CT molecular complexity index is 998. The van der Waals surface area contributed by atoms with E-state index >= 15 is 0 Å². The minimum Gasteiger partial charge on any atom is -0.493 e. The lowest BCUT2D eigenvalue weighted by Gasteiger charge is -2.13. The third-order valence-corrected chi connectivity index (χ3v) is 4.81. The Morgan fingerprint density at radius 2 is 2.00 bits per heavy atom. The molecule has 0 bridgehead atoms. The van der Waals surface area contributed by atoms with E-state index in [1.807, 2.05) is 49.4 Å². The smallest absolute Gasteiger partial charge is 0.244 e. The van der Waals surface area contributed by atoms with Crippen molar-refractivity contribution in [1.82, 2.24) is 20.1 Å². The maximum absolute atomic E-state index is 12.4. The summed E-state index contributed by atoms with van der Waals surface area (Å²) in [6.45, 7) is 4.72. The number of nitrogens with zero attached hydrogens (tertiary/aromatic N) is 3. The highest BCUT2D eigenvalue weighted by Crippen LogP contribution is 2.28. The lowest BCUT2D eigenvalue weighted by atomic mass is 10.1. The Labute approximate surface area is 182 Å². The van der Waals surface area contributed by atoms with Crippen molar-refractivity contribution >= 4 is 12.0 Å². The summed E-state index contributed by atoms with van der Waals surface area (Å²) in [6, 6.07) is 13.3. The van der Waals surface area contributed by atoms with E-state index in [0.29, 0.717) is 18.1 Å². The number of hydrogen-bond donors (Lipinski definition) is 1. The molecule has 0 spiro atoms. The molecule has 7 nitrogen and oxygen atoms in total. The molecule has 0 saturated carbocycles. The predicted octanol–water partition coefficient (Wildman–Crippen LogP) is 4.35. The maximum atomic E-state index is 12.4.